The predicted molar refractivity (Wildman–Crippen MR) is 84.1 cm³/mol. The van der Waals surface area contributed by atoms with Crippen molar-refractivity contribution in [2.45, 2.75) is 0 Å². The third kappa shape index (κ3) is 19.3. The van der Waals surface area contributed by atoms with Gasteiger partial charge in [0.15, 0.2) is 0 Å². The molecular weight excluding hydrogens is 343 g/mol. The maximum Gasteiger partial charge on any atom is 2.00 e. The molecule has 0 aliphatic heterocycles. The smallest absolute Gasteiger partial charge is 0.457 e. The van der Waals surface area contributed by atoms with E-state index in [2.05, 4.69) is 39.9 Å². The molecule has 0 aromatic carbocycles. The van der Waals surface area contributed by atoms with Crippen molar-refractivity contribution in [2.75, 3.05) is 0 Å². The summed E-state index contributed by atoms with van der Waals surface area (Å²) >= 11 is 0. The molecule has 0 aliphatic rings. The molecule has 10 nitrogen and oxygen atoms in total. The number of rotatable bonds is 0. The minimum Gasteiger partial charge on any atom is -0.457 e. The summed E-state index contributed by atoms with van der Waals surface area (Å²) in [5.74, 6) is 0. The fourth-order valence-corrected chi connectivity index (χ4v) is 0.861. The Hall–Kier alpha value is -2.72. The van der Waals surface area contributed by atoms with Crippen LogP contribution in [0, 0.1) is 0 Å². The molecule has 4 rings (SSSR count). The zero-order valence-corrected chi connectivity index (χ0v) is 13.4. The minimum atomic E-state index is 0. The molecular formula is C12H22MnN8O2+4. The van der Waals surface area contributed by atoms with Gasteiger partial charge in [-0.1, -0.05) is 0 Å². The van der Waals surface area contributed by atoms with Crippen LogP contribution in [0.1, 0.15) is 0 Å². The molecule has 0 fully saturated rings. The van der Waals surface area contributed by atoms with Gasteiger partial charge in [0.1, 0.15) is 0 Å². The quantitative estimate of drug-likeness (QED) is 0.249. The van der Waals surface area contributed by atoms with Crippen molar-refractivity contribution in [1.29, 1.82) is 0 Å². The van der Waals surface area contributed by atoms with Crippen LogP contribution in [-0.2, 0) is 28.0 Å². The van der Waals surface area contributed by atoms with Crippen LogP contribution in [0.4, 0.5) is 0 Å². The molecule has 0 unspecified atom stereocenters. The van der Waals surface area contributed by atoms with E-state index in [1.165, 1.54) is 0 Å². The monoisotopic (exact) mass is 365 g/mol. The van der Waals surface area contributed by atoms with Crippen LogP contribution in [0.25, 0.3) is 0 Å². The molecule has 4 heterocycles. The molecule has 0 saturated carbocycles. The molecule has 11 heteroatoms. The van der Waals surface area contributed by atoms with Gasteiger partial charge < -0.3 is 30.9 Å². The molecule has 10 N–H and O–H groups in total. The first-order valence-corrected chi connectivity index (χ1v) is 5.71. The summed E-state index contributed by atoms with van der Waals surface area (Å²) in [5.41, 5.74) is 0. The van der Waals surface area contributed by atoms with E-state index >= 15 is 0 Å². The first-order valence-electron chi connectivity index (χ1n) is 5.71. The van der Waals surface area contributed by atoms with E-state index in [1.54, 1.807) is 74.9 Å². The molecule has 4 aromatic heterocycles. The second kappa shape index (κ2) is 21.6. The van der Waals surface area contributed by atoms with Crippen molar-refractivity contribution >= 4 is 0 Å². The Morgan fingerprint density at radius 1 is 0.435 bits per heavy atom. The van der Waals surface area contributed by atoms with Crippen molar-refractivity contribution in [3.05, 3.63) is 74.9 Å². The molecule has 1 radical (unpaired) electrons. The normalized spacial score (nSPS) is 6.96. The molecule has 0 atom stereocenters. The zero-order chi connectivity index (χ0) is 14.1. The van der Waals surface area contributed by atoms with Gasteiger partial charge in [-0.2, -0.15) is 0 Å². The fraction of sp³-hybridized carbons (Fsp3) is 0. The maximum atomic E-state index is 3.67. The second-order valence-electron chi connectivity index (χ2n) is 3.04. The Balaban J connectivity index is -0.000000222. The van der Waals surface area contributed by atoms with E-state index in [-0.39, 0.29) is 28.0 Å². The minimum absolute atomic E-state index is 0. The number of nitrogens with zero attached hydrogens (tertiary/aromatic N) is 4. The summed E-state index contributed by atoms with van der Waals surface area (Å²) in [5, 5.41) is 0. The maximum absolute atomic E-state index is 3.67. The van der Waals surface area contributed by atoms with Gasteiger partial charge in [-0.3, -0.25) is 0 Å². The average molecular weight is 365 g/mol. The first-order chi connectivity index (χ1) is 10.0. The van der Waals surface area contributed by atoms with Crippen LogP contribution in [0.2, 0.25) is 0 Å². The summed E-state index contributed by atoms with van der Waals surface area (Å²) in [6.07, 6.45) is 20.3. The van der Waals surface area contributed by atoms with Crippen LogP contribution < -0.4 is 0 Å². The van der Waals surface area contributed by atoms with Crippen molar-refractivity contribution in [3.8, 4) is 0 Å². The van der Waals surface area contributed by atoms with E-state index in [1.807, 2.05) is 0 Å². The van der Waals surface area contributed by atoms with Gasteiger partial charge in [0.05, 0.1) is 25.3 Å². The molecule has 125 valence electrons. The van der Waals surface area contributed by atoms with Gasteiger partial charge in [0.25, 0.3) is 0 Å². The Bertz CT molecular complexity index is 366. The second-order valence-corrected chi connectivity index (χ2v) is 3.04. The van der Waals surface area contributed by atoms with Crippen molar-refractivity contribution < 1.29 is 28.0 Å². The number of nitrogens with one attached hydrogen (secondary N) is 4. The molecule has 0 aliphatic carbocycles. The van der Waals surface area contributed by atoms with Gasteiger partial charge in [0, 0.05) is 49.6 Å². The number of aromatic amines is 4. The van der Waals surface area contributed by atoms with Crippen LogP contribution in [0.3, 0.4) is 0 Å². The van der Waals surface area contributed by atoms with Crippen LogP contribution in [0.5, 0.6) is 0 Å². The first kappa shape index (κ1) is 25.2. The molecule has 0 amide bonds. The summed E-state index contributed by atoms with van der Waals surface area (Å²) in [4.78, 5) is 25.7. The third-order valence-electron chi connectivity index (χ3n) is 1.62. The Labute approximate surface area is 143 Å². The molecule has 23 heavy (non-hydrogen) atoms. The standard InChI is InChI=1S/4C3H4N2.Mn.2H2O/c4*1-2-5-3-4-1;;;/h4*1-3H,(H,4,5);;2*1H2/q;;;;+2;;/p+2. The van der Waals surface area contributed by atoms with Crippen LogP contribution >= 0.6 is 0 Å². The summed E-state index contributed by atoms with van der Waals surface area (Å²) in [6.45, 7) is 0. The van der Waals surface area contributed by atoms with E-state index in [9.17, 15) is 0 Å². The topological polar surface area (TPSA) is 181 Å². The number of hydrogen-bond donors (Lipinski definition) is 4. The summed E-state index contributed by atoms with van der Waals surface area (Å²) in [6, 6.07) is 0. The Morgan fingerprint density at radius 3 is 0.696 bits per heavy atom. The van der Waals surface area contributed by atoms with Crippen LogP contribution in [0.15, 0.2) is 74.9 Å². The van der Waals surface area contributed by atoms with E-state index < -0.39 is 0 Å². The summed E-state index contributed by atoms with van der Waals surface area (Å²) < 4.78 is 0. The van der Waals surface area contributed by atoms with Crippen LogP contribution in [-0.4, -0.2) is 39.9 Å². The molecule has 0 bridgehead atoms. The zero-order valence-electron chi connectivity index (χ0n) is 12.2. The van der Waals surface area contributed by atoms with Gasteiger partial charge >= 0.3 is 17.1 Å². The van der Waals surface area contributed by atoms with Gasteiger partial charge in [0.2, 0.25) is 0 Å². The largest absolute Gasteiger partial charge is 2.00 e. The van der Waals surface area contributed by atoms with Gasteiger partial charge in [-0.05, 0) is 0 Å². The Morgan fingerprint density at radius 2 is 0.652 bits per heavy atom. The summed E-state index contributed by atoms with van der Waals surface area (Å²) in [7, 11) is 0. The van der Waals surface area contributed by atoms with E-state index in [0.717, 1.165) is 0 Å². The van der Waals surface area contributed by atoms with E-state index in [0.29, 0.717) is 0 Å². The molecule has 0 saturated heterocycles. The predicted octanol–water partition coefficient (Wildman–Crippen LogP) is -0.207. The third-order valence-corrected chi connectivity index (χ3v) is 1.62. The SMILES string of the molecule is [Mn+2].[OH3+].[OH3+].c1c[nH]cn1.c1c[nH]cn1.c1c[nH]cn1.c1c[nH]cn1. The number of aromatic nitrogens is 8. The Kier molecular flexibility index (Phi) is 23.7. The molecule has 4 aromatic rings. The van der Waals surface area contributed by atoms with Gasteiger partial charge in [-0.25, -0.2) is 19.9 Å². The van der Waals surface area contributed by atoms with E-state index in [4.69, 9.17) is 0 Å². The number of hydrogen-bond acceptors (Lipinski definition) is 4. The van der Waals surface area contributed by atoms with Crippen molar-refractivity contribution in [1.82, 2.24) is 39.9 Å². The molecule has 0 spiro atoms. The van der Waals surface area contributed by atoms with Gasteiger partial charge in [-0.15, -0.1) is 0 Å². The van der Waals surface area contributed by atoms with Crippen molar-refractivity contribution in [3.63, 3.8) is 0 Å². The number of H-pyrrole nitrogens is 4. The van der Waals surface area contributed by atoms with Crippen molar-refractivity contribution in [2.24, 2.45) is 0 Å². The fourth-order valence-electron chi connectivity index (χ4n) is 0.861. The number of imidazole rings is 4. The average Bonchev–Trinajstić information content (AvgIpc) is 3.40.